The molecule has 2 aromatic rings. The Kier molecular flexibility index (Phi) is 4.70. The van der Waals surface area contributed by atoms with Crippen LogP contribution in [0.15, 0.2) is 47.2 Å². The van der Waals surface area contributed by atoms with Crippen LogP contribution in [0, 0.1) is 0 Å². The molecule has 1 amide bonds. The molecule has 114 valence electrons. The number of aromatic nitrogens is 1. The lowest BCUT2D eigenvalue weighted by atomic mass is 10.2. The molecule has 1 aromatic heterocycles. The minimum Gasteiger partial charge on any atom is -0.378 e. The molecule has 1 saturated heterocycles. The van der Waals surface area contributed by atoms with E-state index in [0.717, 1.165) is 15.8 Å². The second-order valence-corrected chi connectivity index (χ2v) is 5.91. The molecule has 1 fully saturated rings. The van der Waals surface area contributed by atoms with Crippen molar-refractivity contribution in [1.29, 1.82) is 0 Å². The molecule has 0 spiro atoms. The van der Waals surface area contributed by atoms with Gasteiger partial charge in [0.15, 0.2) is 0 Å². The summed E-state index contributed by atoms with van der Waals surface area (Å²) in [5.41, 5.74) is 2.33. The van der Waals surface area contributed by atoms with E-state index in [1.807, 2.05) is 30.3 Å². The van der Waals surface area contributed by atoms with Crippen LogP contribution in [0.4, 0.5) is 11.4 Å². The number of carbonyl (C=O) groups is 1. The molecule has 2 heterocycles. The Bertz CT molecular complexity index is 655. The zero-order chi connectivity index (χ0) is 15.4. The van der Waals surface area contributed by atoms with Crippen molar-refractivity contribution in [3.8, 4) is 0 Å². The van der Waals surface area contributed by atoms with Gasteiger partial charge < -0.3 is 15.0 Å². The van der Waals surface area contributed by atoms with Crippen molar-refractivity contribution < 1.29 is 9.53 Å². The molecule has 1 aliphatic rings. The number of benzene rings is 1. The number of morpholine rings is 1. The summed E-state index contributed by atoms with van der Waals surface area (Å²) in [5, 5.41) is 3.25. The maximum absolute atomic E-state index is 12.4. The Morgan fingerprint density at radius 1 is 1.14 bits per heavy atom. The molecule has 0 saturated carbocycles. The smallest absolute Gasteiger partial charge is 0.255 e. The van der Waals surface area contributed by atoms with Gasteiger partial charge in [-0.15, -0.1) is 0 Å². The van der Waals surface area contributed by atoms with Gasteiger partial charge in [0.25, 0.3) is 5.91 Å². The van der Waals surface area contributed by atoms with E-state index in [4.69, 9.17) is 4.74 Å². The first-order valence-electron chi connectivity index (χ1n) is 7.07. The van der Waals surface area contributed by atoms with E-state index >= 15 is 0 Å². The van der Waals surface area contributed by atoms with Crippen LogP contribution in [0.25, 0.3) is 0 Å². The predicted octanol–water partition coefficient (Wildman–Crippen LogP) is 3.06. The Balaban J connectivity index is 1.74. The highest BCUT2D eigenvalue weighted by Crippen LogP contribution is 2.20. The third-order valence-corrected chi connectivity index (χ3v) is 3.95. The summed E-state index contributed by atoms with van der Waals surface area (Å²) in [7, 11) is 0. The van der Waals surface area contributed by atoms with E-state index < -0.39 is 0 Å². The first kappa shape index (κ1) is 15.0. The van der Waals surface area contributed by atoms with E-state index in [1.54, 1.807) is 17.3 Å². The fourth-order valence-electron chi connectivity index (χ4n) is 2.27. The minimum atomic E-state index is -0.00439. The topological polar surface area (TPSA) is 54.5 Å². The molecule has 1 aromatic carbocycles. The van der Waals surface area contributed by atoms with Crippen molar-refractivity contribution in [2.24, 2.45) is 0 Å². The summed E-state index contributed by atoms with van der Waals surface area (Å²) in [6.45, 7) is 2.44. The lowest BCUT2D eigenvalue weighted by molar-refractivity contribution is 0.0302. The van der Waals surface area contributed by atoms with E-state index in [9.17, 15) is 4.79 Å². The number of rotatable bonds is 3. The molecule has 1 N–H and O–H groups in total. The quantitative estimate of drug-likeness (QED) is 0.912. The molecule has 0 unspecified atom stereocenters. The average molecular weight is 362 g/mol. The zero-order valence-electron chi connectivity index (χ0n) is 12.0. The summed E-state index contributed by atoms with van der Waals surface area (Å²) < 4.78 is 6.29. The van der Waals surface area contributed by atoms with Crippen LogP contribution in [0.3, 0.4) is 0 Å². The average Bonchev–Trinajstić information content (AvgIpc) is 2.57. The van der Waals surface area contributed by atoms with Gasteiger partial charge in [-0.05, 0) is 30.3 Å². The Labute approximate surface area is 137 Å². The van der Waals surface area contributed by atoms with Gasteiger partial charge in [0, 0.05) is 29.4 Å². The first-order chi connectivity index (χ1) is 10.7. The van der Waals surface area contributed by atoms with Crippen LogP contribution >= 0.6 is 15.9 Å². The number of nitrogens with zero attached hydrogens (tertiary/aromatic N) is 2. The highest BCUT2D eigenvalue weighted by Gasteiger charge is 2.18. The third kappa shape index (κ3) is 3.64. The van der Waals surface area contributed by atoms with Crippen molar-refractivity contribution in [3.05, 3.63) is 52.8 Å². The number of pyridine rings is 1. The summed E-state index contributed by atoms with van der Waals surface area (Å²) in [6.07, 6.45) is 3.31. The van der Waals surface area contributed by atoms with Crippen molar-refractivity contribution in [1.82, 2.24) is 9.88 Å². The number of ether oxygens (including phenoxy) is 1. The largest absolute Gasteiger partial charge is 0.378 e. The van der Waals surface area contributed by atoms with Crippen LogP contribution < -0.4 is 5.32 Å². The van der Waals surface area contributed by atoms with Gasteiger partial charge in [-0.3, -0.25) is 9.78 Å². The van der Waals surface area contributed by atoms with Gasteiger partial charge >= 0.3 is 0 Å². The number of anilines is 2. The van der Waals surface area contributed by atoms with E-state index in [2.05, 4.69) is 26.2 Å². The molecule has 0 aliphatic carbocycles. The van der Waals surface area contributed by atoms with Crippen molar-refractivity contribution in [2.75, 3.05) is 31.6 Å². The molecular weight excluding hydrogens is 346 g/mol. The molecule has 0 bridgehead atoms. The Morgan fingerprint density at radius 2 is 1.86 bits per heavy atom. The molecule has 5 nitrogen and oxygen atoms in total. The molecular formula is C16H16BrN3O2. The number of halogens is 1. The summed E-state index contributed by atoms with van der Waals surface area (Å²) in [4.78, 5) is 18.4. The van der Waals surface area contributed by atoms with Gasteiger partial charge in [-0.2, -0.15) is 0 Å². The maximum atomic E-state index is 12.4. The van der Waals surface area contributed by atoms with Crippen molar-refractivity contribution in [3.63, 3.8) is 0 Å². The Hall–Kier alpha value is -1.92. The van der Waals surface area contributed by atoms with Crippen LogP contribution in [0.5, 0.6) is 0 Å². The summed E-state index contributed by atoms with van der Waals surface area (Å²) in [6, 6.07) is 9.66. The summed E-state index contributed by atoms with van der Waals surface area (Å²) >= 11 is 3.41. The number of hydrogen-bond donors (Lipinski definition) is 1. The molecule has 22 heavy (non-hydrogen) atoms. The van der Waals surface area contributed by atoms with Crippen molar-refractivity contribution >= 4 is 33.2 Å². The van der Waals surface area contributed by atoms with Gasteiger partial charge in [-0.1, -0.05) is 15.9 Å². The lowest BCUT2D eigenvalue weighted by Gasteiger charge is -2.26. The lowest BCUT2D eigenvalue weighted by Crippen LogP contribution is -2.40. The van der Waals surface area contributed by atoms with Crippen molar-refractivity contribution in [2.45, 2.75) is 0 Å². The van der Waals surface area contributed by atoms with E-state index in [1.165, 1.54) is 0 Å². The van der Waals surface area contributed by atoms with Crippen LogP contribution in [-0.4, -0.2) is 42.1 Å². The number of carbonyl (C=O) groups excluding carboxylic acids is 1. The third-order valence-electron chi connectivity index (χ3n) is 3.42. The molecule has 0 atom stereocenters. The normalized spacial score (nSPS) is 14.7. The van der Waals surface area contributed by atoms with Gasteiger partial charge in [0.2, 0.25) is 0 Å². The molecule has 3 rings (SSSR count). The Morgan fingerprint density at radius 3 is 2.59 bits per heavy atom. The van der Waals surface area contributed by atoms with Crippen LogP contribution in [0.1, 0.15) is 10.4 Å². The van der Waals surface area contributed by atoms with Crippen LogP contribution in [-0.2, 0) is 4.74 Å². The maximum Gasteiger partial charge on any atom is 0.255 e. The second kappa shape index (κ2) is 6.89. The van der Waals surface area contributed by atoms with Gasteiger partial charge in [0.1, 0.15) is 0 Å². The van der Waals surface area contributed by atoms with E-state index in [-0.39, 0.29) is 5.91 Å². The second-order valence-electron chi connectivity index (χ2n) is 5.00. The fraction of sp³-hybridized carbons (Fsp3) is 0.250. The SMILES string of the molecule is O=C(c1cncc(Nc2ccc(Br)cc2)c1)N1CCOCC1. The zero-order valence-corrected chi connectivity index (χ0v) is 13.5. The number of amides is 1. The number of nitrogens with one attached hydrogen (secondary N) is 1. The fourth-order valence-corrected chi connectivity index (χ4v) is 2.54. The van der Waals surface area contributed by atoms with Crippen LogP contribution in [0.2, 0.25) is 0 Å². The molecule has 6 heteroatoms. The number of hydrogen-bond acceptors (Lipinski definition) is 4. The minimum absolute atomic E-state index is 0.00439. The highest BCUT2D eigenvalue weighted by molar-refractivity contribution is 9.10. The molecule has 0 radical (unpaired) electrons. The standard InChI is InChI=1S/C16H16BrN3O2/c17-13-1-3-14(4-2-13)19-15-9-12(10-18-11-15)16(21)20-5-7-22-8-6-20/h1-4,9-11,19H,5-8H2. The monoisotopic (exact) mass is 361 g/mol. The first-order valence-corrected chi connectivity index (χ1v) is 7.86. The summed E-state index contributed by atoms with van der Waals surface area (Å²) in [5.74, 6) is -0.00439. The van der Waals surface area contributed by atoms with E-state index in [0.29, 0.717) is 31.9 Å². The van der Waals surface area contributed by atoms with Gasteiger partial charge in [-0.25, -0.2) is 0 Å². The molecule has 1 aliphatic heterocycles. The highest BCUT2D eigenvalue weighted by atomic mass is 79.9. The van der Waals surface area contributed by atoms with Gasteiger partial charge in [0.05, 0.1) is 30.7 Å². The predicted molar refractivity (Wildman–Crippen MR) is 88.4 cm³/mol.